The van der Waals surface area contributed by atoms with Gasteiger partial charge in [-0.2, -0.15) is 0 Å². The summed E-state index contributed by atoms with van der Waals surface area (Å²) in [4.78, 5) is 11.5. The van der Waals surface area contributed by atoms with Crippen molar-refractivity contribution >= 4 is 5.91 Å². The minimum absolute atomic E-state index is 0.0182. The van der Waals surface area contributed by atoms with Crippen molar-refractivity contribution in [3.63, 3.8) is 0 Å². The van der Waals surface area contributed by atoms with Gasteiger partial charge >= 0.3 is 0 Å². The van der Waals surface area contributed by atoms with Crippen LogP contribution >= 0.6 is 0 Å². The van der Waals surface area contributed by atoms with E-state index in [-0.39, 0.29) is 24.7 Å². The van der Waals surface area contributed by atoms with Gasteiger partial charge in [-0.15, -0.1) is 0 Å². The van der Waals surface area contributed by atoms with Crippen LogP contribution in [0.5, 0.6) is 0 Å². The molecule has 1 heterocycles. The van der Waals surface area contributed by atoms with Crippen LogP contribution in [0.2, 0.25) is 0 Å². The van der Waals surface area contributed by atoms with Crippen LogP contribution in [0.4, 0.5) is 0 Å². The second kappa shape index (κ2) is 9.25. The van der Waals surface area contributed by atoms with E-state index in [0.717, 1.165) is 19.4 Å². The zero-order valence-electron chi connectivity index (χ0n) is 11.9. The Kier molecular flexibility index (Phi) is 7.97. The number of ether oxygens (including phenoxy) is 2. The molecule has 0 aromatic rings. The van der Waals surface area contributed by atoms with Crippen molar-refractivity contribution in [2.75, 3.05) is 32.9 Å². The highest BCUT2D eigenvalue weighted by Gasteiger charge is 2.21. The topological polar surface area (TPSA) is 79.8 Å². The number of aliphatic hydroxyl groups excluding tert-OH is 1. The van der Waals surface area contributed by atoms with Crippen molar-refractivity contribution in [2.45, 2.75) is 44.9 Å². The lowest BCUT2D eigenvalue weighted by molar-refractivity contribution is -0.124. The van der Waals surface area contributed by atoms with E-state index in [4.69, 9.17) is 9.47 Å². The molecule has 0 radical (unpaired) electrons. The Labute approximate surface area is 114 Å². The molecule has 19 heavy (non-hydrogen) atoms. The lowest BCUT2D eigenvalue weighted by Gasteiger charge is -2.24. The molecule has 0 bridgehead atoms. The third kappa shape index (κ3) is 7.47. The molecule has 1 amide bonds. The van der Waals surface area contributed by atoms with Gasteiger partial charge in [0.25, 0.3) is 0 Å². The van der Waals surface area contributed by atoms with Crippen LogP contribution in [0.1, 0.15) is 26.7 Å². The molecule has 0 spiro atoms. The first-order valence-electron chi connectivity index (χ1n) is 6.98. The summed E-state index contributed by atoms with van der Waals surface area (Å²) in [6.45, 7) is 6.30. The second-order valence-electron chi connectivity index (χ2n) is 5.04. The smallest absolute Gasteiger partial charge is 0.237 e. The normalized spacial score (nSPS) is 21.5. The summed E-state index contributed by atoms with van der Waals surface area (Å²) in [5.74, 6) is 0.0182. The number of piperidine rings is 1. The van der Waals surface area contributed by atoms with Gasteiger partial charge in [0.05, 0.1) is 38.1 Å². The SMILES string of the molecule is CC(C)OCCOCC(O)CNC1CCCNC1=O. The quantitative estimate of drug-likeness (QED) is 0.501. The molecule has 1 aliphatic heterocycles. The number of hydrogen-bond donors (Lipinski definition) is 3. The van der Waals surface area contributed by atoms with Gasteiger partial charge < -0.3 is 25.2 Å². The lowest BCUT2D eigenvalue weighted by atomic mass is 10.1. The van der Waals surface area contributed by atoms with E-state index in [2.05, 4.69) is 10.6 Å². The number of aliphatic hydroxyl groups is 1. The Morgan fingerprint density at radius 2 is 2.26 bits per heavy atom. The molecule has 1 aliphatic rings. The van der Waals surface area contributed by atoms with Gasteiger partial charge in [-0.05, 0) is 26.7 Å². The predicted octanol–water partition coefficient (Wildman–Crippen LogP) is -0.343. The predicted molar refractivity (Wildman–Crippen MR) is 71.9 cm³/mol. The molecule has 0 saturated carbocycles. The average Bonchev–Trinajstić information content (AvgIpc) is 2.37. The minimum Gasteiger partial charge on any atom is -0.389 e. The summed E-state index contributed by atoms with van der Waals surface area (Å²) in [5.41, 5.74) is 0. The standard InChI is InChI=1S/C13H26N2O4/c1-10(2)19-7-6-18-9-11(16)8-15-12-4-3-5-14-13(12)17/h10-12,15-16H,3-9H2,1-2H3,(H,14,17). The number of carbonyl (C=O) groups excluding carboxylic acids is 1. The Morgan fingerprint density at radius 1 is 1.47 bits per heavy atom. The first kappa shape index (κ1) is 16.4. The fourth-order valence-electron chi connectivity index (χ4n) is 1.87. The van der Waals surface area contributed by atoms with Gasteiger partial charge in [0.2, 0.25) is 5.91 Å². The summed E-state index contributed by atoms with van der Waals surface area (Å²) >= 11 is 0. The molecule has 3 N–H and O–H groups in total. The van der Waals surface area contributed by atoms with E-state index in [1.54, 1.807) is 0 Å². The third-order valence-electron chi connectivity index (χ3n) is 2.87. The van der Waals surface area contributed by atoms with Crippen molar-refractivity contribution in [1.82, 2.24) is 10.6 Å². The molecule has 1 fully saturated rings. The van der Waals surface area contributed by atoms with Crippen molar-refractivity contribution in [3.05, 3.63) is 0 Å². The number of rotatable bonds is 9. The summed E-state index contributed by atoms with van der Waals surface area (Å²) in [6, 6.07) is -0.187. The van der Waals surface area contributed by atoms with E-state index in [1.165, 1.54) is 0 Å². The first-order chi connectivity index (χ1) is 9.09. The van der Waals surface area contributed by atoms with Crippen LogP contribution in [0.15, 0.2) is 0 Å². The summed E-state index contributed by atoms with van der Waals surface area (Å²) in [7, 11) is 0. The van der Waals surface area contributed by atoms with Gasteiger partial charge in [0.1, 0.15) is 0 Å². The molecule has 1 rings (SSSR count). The Balaban J connectivity index is 2.01. The molecule has 1 saturated heterocycles. The fourth-order valence-corrected chi connectivity index (χ4v) is 1.87. The van der Waals surface area contributed by atoms with Crippen molar-refractivity contribution in [2.24, 2.45) is 0 Å². The van der Waals surface area contributed by atoms with E-state index in [1.807, 2.05) is 13.8 Å². The van der Waals surface area contributed by atoms with Gasteiger partial charge in [-0.3, -0.25) is 4.79 Å². The Morgan fingerprint density at radius 3 is 2.95 bits per heavy atom. The molecular weight excluding hydrogens is 248 g/mol. The highest BCUT2D eigenvalue weighted by Crippen LogP contribution is 2.02. The molecule has 6 nitrogen and oxygen atoms in total. The third-order valence-corrected chi connectivity index (χ3v) is 2.87. The summed E-state index contributed by atoms with van der Waals surface area (Å²) in [6.07, 6.45) is 1.39. The van der Waals surface area contributed by atoms with Crippen LogP contribution in [0.25, 0.3) is 0 Å². The van der Waals surface area contributed by atoms with Crippen LogP contribution in [0.3, 0.4) is 0 Å². The van der Waals surface area contributed by atoms with Gasteiger partial charge in [0, 0.05) is 13.1 Å². The first-order valence-corrected chi connectivity index (χ1v) is 6.98. The van der Waals surface area contributed by atoms with Crippen molar-refractivity contribution < 1.29 is 19.4 Å². The Hall–Kier alpha value is -0.690. The van der Waals surface area contributed by atoms with E-state index in [9.17, 15) is 9.90 Å². The monoisotopic (exact) mass is 274 g/mol. The molecule has 2 unspecified atom stereocenters. The van der Waals surface area contributed by atoms with Crippen molar-refractivity contribution in [3.8, 4) is 0 Å². The maximum Gasteiger partial charge on any atom is 0.237 e. The van der Waals surface area contributed by atoms with E-state index < -0.39 is 6.10 Å². The van der Waals surface area contributed by atoms with Crippen LogP contribution < -0.4 is 10.6 Å². The summed E-state index contributed by atoms with van der Waals surface area (Å²) in [5, 5.41) is 15.6. The minimum atomic E-state index is -0.603. The van der Waals surface area contributed by atoms with Crippen LogP contribution in [-0.4, -0.2) is 62.2 Å². The number of hydrogen-bond acceptors (Lipinski definition) is 5. The lowest BCUT2D eigenvalue weighted by Crippen LogP contribution is -2.50. The van der Waals surface area contributed by atoms with Gasteiger partial charge in [-0.25, -0.2) is 0 Å². The maximum atomic E-state index is 11.5. The number of nitrogens with one attached hydrogen (secondary N) is 2. The molecule has 2 atom stereocenters. The largest absolute Gasteiger partial charge is 0.389 e. The van der Waals surface area contributed by atoms with Crippen LogP contribution in [0, 0.1) is 0 Å². The summed E-state index contributed by atoms with van der Waals surface area (Å²) < 4.78 is 10.6. The van der Waals surface area contributed by atoms with Crippen LogP contribution in [-0.2, 0) is 14.3 Å². The molecular formula is C13H26N2O4. The highest BCUT2D eigenvalue weighted by molar-refractivity contribution is 5.82. The maximum absolute atomic E-state index is 11.5. The zero-order valence-corrected chi connectivity index (χ0v) is 11.9. The van der Waals surface area contributed by atoms with Crippen molar-refractivity contribution in [1.29, 1.82) is 0 Å². The van der Waals surface area contributed by atoms with E-state index in [0.29, 0.717) is 19.8 Å². The van der Waals surface area contributed by atoms with Gasteiger partial charge in [0.15, 0.2) is 0 Å². The second-order valence-corrected chi connectivity index (χ2v) is 5.04. The van der Waals surface area contributed by atoms with Gasteiger partial charge in [-0.1, -0.05) is 0 Å². The number of amides is 1. The zero-order chi connectivity index (χ0) is 14.1. The number of carbonyl (C=O) groups is 1. The van der Waals surface area contributed by atoms with E-state index >= 15 is 0 Å². The molecule has 112 valence electrons. The molecule has 0 aliphatic carbocycles. The Bertz CT molecular complexity index is 261. The molecule has 6 heteroatoms. The molecule has 0 aromatic carbocycles. The fraction of sp³-hybridized carbons (Fsp3) is 0.923. The average molecular weight is 274 g/mol. The molecule has 0 aromatic heterocycles. The highest BCUT2D eigenvalue weighted by atomic mass is 16.5.